The summed E-state index contributed by atoms with van der Waals surface area (Å²) in [4.78, 5) is 0. The van der Waals surface area contributed by atoms with Crippen LogP contribution in [0.25, 0.3) is 0 Å². The fourth-order valence-electron chi connectivity index (χ4n) is 2.24. The van der Waals surface area contributed by atoms with E-state index in [0.29, 0.717) is 12.2 Å². The van der Waals surface area contributed by atoms with E-state index in [1.54, 1.807) is 12.1 Å². The highest BCUT2D eigenvalue weighted by atomic mass is 19.1. The summed E-state index contributed by atoms with van der Waals surface area (Å²) in [5.74, 6) is -0.179. The van der Waals surface area contributed by atoms with Crippen LogP contribution < -0.4 is 5.32 Å². The predicted octanol–water partition coefficient (Wildman–Crippen LogP) is 3.04. The second-order valence-electron chi connectivity index (χ2n) is 4.83. The van der Waals surface area contributed by atoms with Crippen LogP contribution in [-0.4, -0.2) is 18.8 Å². The standard InChI is InChI=1S/C14H20FNO/c1-10-6-7-14(17-10)9-16-11(2)12-4-3-5-13(15)8-12/h3-5,8,10-11,14,16H,6-7,9H2,1-2H3/t10?,11-,14?/m0/s1. The highest BCUT2D eigenvalue weighted by Gasteiger charge is 2.21. The van der Waals surface area contributed by atoms with Crippen LogP contribution in [0.1, 0.15) is 38.3 Å². The molecule has 0 bridgehead atoms. The van der Waals surface area contributed by atoms with Crippen LogP contribution in [0.4, 0.5) is 4.39 Å². The third kappa shape index (κ3) is 3.51. The quantitative estimate of drug-likeness (QED) is 0.869. The second kappa shape index (κ2) is 5.61. The van der Waals surface area contributed by atoms with Crippen molar-refractivity contribution in [1.82, 2.24) is 5.32 Å². The van der Waals surface area contributed by atoms with Crippen molar-refractivity contribution in [2.24, 2.45) is 0 Å². The SMILES string of the molecule is CC1CCC(CN[C@@H](C)c2cccc(F)c2)O1. The van der Waals surface area contributed by atoms with Crippen LogP contribution in [0.2, 0.25) is 0 Å². The van der Waals surface area contributed by atoms with E-state index >= 15 is 0 Å². The van der Waals surface area contributed by atoms with Crippen molar-refractivity contribution in [3.8, 4) is 0 Å². The van der Waals surface area contributed by atoms with Crippen molar-refractivity contribution >= 4 is 0 Å². The second-order valence-corrected chi connectivity index (χ2v) is 4.83. The first-order valence-electron chi connectivity index (χ1n) is 6.29. The Morgan fingerprint density at radius 3 is 2.94 bits per heavy atom. The fraction of sp³-hybridized carbons (Fsp3) is 0.571. The van der Waals surface area contributed by atoms with Gasteiger partial charge >= 0.3 is 0 Å². The van der Waals surface area contributed by atoms with Crippen LogP contribution >= 0.6 is 0 Å². The molecule has 1 aliphatic heterocycles. The molecule has 17 heavy (non-hydrogen) atoms. The molecule has 1 aliphatic rings. The van der Waals surface area contributed by atoms with Gasteiger partial charge in [0.2, 0.25) is 0 Å². The average molecular weight is 237 g/mol. The van der Waals surface area contributed by atoms with Gasteiger partial charge in [-0.1, -0.05) is 12.1 Å². The van der Waals surface area contributed by atoms with E-state index in [4.69, 9.17) is 4.74 Å². The molecule has 0 spiro atoms. The lowest BCUT2D eigenvalue weighted by molar-refractivity contribution is 0.0546. The van der Waals surface area contributed by atoms with Crippen LogP contribution in [-0.2, 0) is 4.74 Å². The molecule has 0 aromatic heterocycles. The van der Waals surface area contributed by atoms with Gasteiger partial charge in [0, 0.05) is 12.6 Å². The first-order valence-corrected chi connectivity index (χ1v) is 6.29. The smallest absolute Gasteiger partial charge is 0.123 e. The molecule has 3 atom stereocenters. The van der Waals surface area contributed by atoms with Gasteiger partial charge in [0.15, 0.2) is 0 Å². The molecule has 1 N–H and O–H groups in total. The summed E-state index contributed by atoms with van der Waals surface area (Å²) < 4.78 is 18.8. The van der Waals surface area contributed by atoms with Crippen LogP contribution in [0.5, 0.6) is 0 Å². The molecule has 1 aromatic carbocycles. The third-order valence-electron chi connectivity index (χ3n) is 3.32. The molecule has 2 nitrogen and oxygen atoms in total. The Bertz CT molecular complexity index is 369. The van der Waals surface area contributed by atoms with Crippen molar-refractivity contribution in [3.05, 3.63) is 35.6 Å². The average Bonchev–Trinajstić information content (AvgIpc) is 2.72. The summed E-state index contributed by atoms with van der Waals surface area (Å²) in [6.07, 6.45) is 2.94. The zero-order valence-electron chi connectivity index (χ0n) is 10.4. The van der Waals surface area contributed by atoms with E-state index < -0.39 is 0 Å². The number of nitrogens with one attached hydrogen (secondary N) is 1. The molecular formula is C14H20FNO. The van der Waals surface area contributed by atoms with Crippen LogP contribution in [0, 0.1) is 5.82 Å². The minimum absolute atomic E-state index is 0.158. The van der Waals surface area contributed by atoms with Gasteiger partial charge < -0.3 is 10.1 Å². The van der Waals surface area contributed by atoms with Crippen molar-refractivity contribution in [2.75, 3.05) is 6.54 Å². The summed E-state index contributed by atoms with van der Waals surface area (Å²) in [5.41, 5.74) is 0.982. The first kappa shape index (κ1) is 12.5. The van der Waals surface area contributed by atoms with Gasteiger partial charge in [-0.25, -0.2) is 4.39 Å². The van der Waals surface area contributed by atoms with E-state index in [2.05, 4.69) is 12.2 Å². The Hall–Kier alpha value is -0.930. The van der Waals surface area contributed by atoms with E-state index in [1.165, 1.54) is 6.07 Å². The van der Waals surface area contributed by atoms with Crippen LogP contribution in [0.3, 0.4) is 0 Å². The Labute approximate surface area is 102 Å². The molecule has 1 aromatic rings. The molecule has 1 heterocycles. The van der Waals surface area contributed by atoms with Gasteiger partial charge in [-0.15, -0.1) is 0 Å². The Balaban J connectivity index is 1.83. The molecule has 0 amide bonds. The topological polar surface area (TPSA) is 21.3 Å². The Morgan fingerprint density at radius 1 is 1.47 bits per heavy atom. The van der Waals surface area contributed by atoms with Crippen molar-refractivity contribution in [1.29, 1.82) is 0 Å². The maximum Gasteiger partial charge on any atom is 0.123 e. The highest BCUT2D eigenvalue weighted by molar-refractivity contribution is 5.19. The molecular weight excluding hydrogens is 217 g/mol. The summed E-state index contributed by atoms with van der Waals surface area (Å²) >= 11 is 0. The number of hydrogen-bond acceptors (Lipinski definition) is 2. The minimum atomic E-state index is -0.179. The Kier molecular flexibility index (Phi) is 4.13. The maximum absolute atomic E-state index is 13.1. The number of hydrogen-bond donors (Lipinski definition) is 1. The molecule has 0 radical (unpaired) electrons. The number of rotatable bonds is 4. The van der Waals surface area contributed by atoms with E-state index in [1.807, 2.05) is 13.0 Å². The largest absolute Gasteiger partial charge is 0.374 e. The molecule has 0 aliphatic carbocycles. The van der Waals surface area contributed by atoms with Gasteiger partial charge in [0.1, 0.15) is 5.82 Å². The molecule has 1 saturated heterocycles. The van der Waals surface area contributed by atoms with Crippen LogP contribution in [0.15, 0.2) is 24.3 Å². The molecule has 1 fully saturated rings. The first-order chi connectivity index (χ1) is 8.15. The molecule has 94 valence electrons. The molecule has 3 heteroatoms. The molecule has 0 saturated carbocycles. The number of ether oxygens (including phenoxy) is 1. The summed E-state index contributed by atoms with van der Waals surface area (Å²) in [7, 11) is 0. The number of benzene rings is 1. The van der Waals surface area contributed by atoms with Crippen molar-refractivity contribution < 1.29 is 9.13 Å². The lowest BCUT2D eigenvalue weighted by Crippen LogP contribution is -2.29. The summed E-state index contributed by atoms with van der Waals surface area (Å²) in [5, 5.41) is 3.40. The molecule has 2 unspecified atom stereocenters. The number of halogens is 1. The van der Waals surface area contributed by atoms with E-state index in [9.17, 15) is 4.39 Å². The van der Waals surface area contributed by atoms with Gasteiger partial charge in [0.05, 0.1) is 12.2 Å². The van der Waals surface area contributed by atoms with Gasteiger partial charge in [-0.2, -0.15) is 0 Å². The van der Waals surface area contributed by atoms with Gasteiger partial charge in [-0.3, -0.25) is 0 Å². The van der Waals surface area contributed by atoms with E-state index in [-0.39, 0.29) is 11.9 Å². The zero-order chi connectivity index (χ0) is 12.3. The minimum Gasteiger partial charge on any atom is -0.374 e. The highest BCUT2D eigenvalue weighted by Crippen LogP contribution is 2.20. The zero-order valence-corrected chi connectivity index (χ0v) is 10.4. The van der Waals surface area contributed by atoms with Crippen molar-refractivity contribution in [3.63, 3.8) is 0 Å². The van der Waals surface area contributed by atoms with Crippen molar-refractivity contribution in [2.45, 2.75) is 44.9 Å². The third-order valence-corrected chi connectivity index (χ3v) is 3.32. The predicted molar refractivity (Wildman–Crippen MR) is 66.4 cm³/mol. The summed E-state index contributed by atoms with van der Waals surface area (Å²) in [6.45, 7) is 4.99. The normalized spacial score (nSPS) is 26.1. The van der Waals surface area contributed by atoms with Gasteiger partial charge in [-0.05, 0) is 44.4 Å². The maximum atomic E-state index is 13.1. The lowest BCUT2D eigenvalue weighted by atomic mass is 10.1. The monoisotopic (exact) mass is 237 g/mol. The van der Waals surface area contributed by atoms with Gasteiger partial charge in [0.25, 0.3) is 0 Å². The molecule has 2 rings (SSSR count). The van der Waals surface area contributed by atoms with E-state index in [0.717, 1.165) is 24.9 Å². The Morgan fingerprint density at radius 2 is 2.29 bits per heavy atom. The lowest BCUT2D eigenvalue weighted by Gasteiger charge is -2.18. The fourth-order valence-corrected chi connectivity index (χ4v) is 2.24. The summed E-state index contributed by atoms with van der Waals surface area (Å²) in [6, 6.07) is 6.90.